The van der Waals surface area contributed by atoms with E-state index in [0.717, 1.165) is 0 Å². The Balaban J connectivity index is 2.51. The first kappa shape index (κ1) is 13.8. The van der Waals surface area contributed by atoms with Crippen LogP contribution in [0.4, 0.5) is 4.79 Å². The van der Waals surface area contributed by atoms with Gasteiger partial charge in [0.05, 0.1) is 12.0 Å². The van der Waals surface area contributed by atoms with Crippen molar-refractivity contribution < 1.29 is 19.1 Å². The number of nitrogens with one attached hydrogen (secondary N) is 1. The van der Waals surface area contributed by atoms with Crippen LogP contribution in [0.25, 0.3) is 0 Å². The first-order chi connectivity index (χ1) is 7.69. The zero-order chi connectivity index (χ0) is 13.2. The number of esters is 1. The second-order valence-electron chi connectivity index (χ2n) is 5.53. The number of alkyl carbamates (subject to hydrolysis) is 1. The van der Waals surface area contributed by atoms with Gasteiger partial charge in [0, 0.05) is 0 Å². The average Bonchev–Trinajstić information content (AvgIpc) is 2.11. The summed E-state index contributed by atoms with van der Waals surface area (Å²) in [7, 11) is 0. The summed E-state index contributed by atoms with van der Waals surface area (Å²) in [5, 5.41) is 2.74. The summed E-state index contributed by atoms with van der Waals surface area (Å²) in [5.74, 6) is -0.397. The number of carbonyl (C=O) groups excluding carboxylic acids is 2. The average molecular weight is 243 g/mol. The van der Waals surface area contributed by atoms with Crippen molar-refractivity contribution in [2.45, 2.75) is 58.8 Å². The van der Waals surface area contributed by atoms with Gasteiger partial charge in [-0.3, -0.25) is 4.79 Å². The van der Waals surface area contributed by atoms with Crippen LogP contribution in [0.1, 0.15) is 41.0 Å². The van der Waals surface area contributed by atoms with Crippen LogP contribution in [-0.4, -0.2) is 29.8 Å². The zero-order valence-electron chi connectivity index (χ0n) is 11.1. The Hall–Kier alpha value is -1.26. The summed E-state index contributed by atoms with van der Waals surface area (Å²) in [6, 6.07) is -0.183. The van der Waals surface area contributed by atoms with E-state index in [1.54, 1.807) is 34.6 Å². The quantitative estimate of drug-likeness (QED) is 0.714. The van der Waals surface area contributed by atoms with Crippen molar-refractivity contribution >= 4 is 12.1 Å². The predicted octanol–water partition coefficient (Wildman–Crippen LogP) is 1.85. The minimum atomic E-state index is -0.524. The van der Waals surface area contributed by atoms with Crippen LogP contribution in [0.2, 0.25) is 0 Å². The van der Waals surface area contributed by atoms with E-state index in [9.17, 15) is 9.59 Å². The van der Waals surface area contributed by atoms with Gasteiger partial charge in [-0.2, -0.15) is 0 Å². The molecule has 1 amide bonds. The summed E-state index contributed by atoms with van der Waals surface area (Å²) in [6.07, 6.45) is -0.204. The van der Waals surface area contributed by atoms with E-state index in [0.29, 0.717) is 6.42 Å². The second-order valence-corrected chi connectivity index (χ2v) is 5.53. The van der Waals surface area contributed by atoms with Crippen molar-refractivity contribution in [3.05, 3.63) is 0 Å². The molecule has 0 aromatic carbocycles. The molecule has 17 heavy (non-hydrogen) atoms. The fourth-order valence-electron chi connectivity index (χ4n) is 1.69. The molecule has 98 valence electrons. The van der Waals surface area contributed by atoms with Crippen LogP contribution in [0.3, 0.4) is 0 Å². The largest absolute Gasteiger partial charge is 0.460 e. The van der Waals surface area contributed by atoms with Gasteiger partial charge in [0.25, 0.3) is 0 Å². The van der Waals surface area contributed by atoms with Crippen molar-refractivity contribution in [2.75, 3.05) is 0 Å². The molecule has 1 saturated heterocycles. The second kappa shape index (κ2) is 4.94. The maximum absolute atomic E-state index is 11.6. The molecule has 1 fully saturated rings. The Morgan fingerprint density at radius 3 is 2.53 bits per heavy atom. The number of amides is 1. The maximum Gasteiger partial charge on any atom is 0.408 e. The normalized spacial score (nSPS) is 29.5. The maximum atomic E-state index is 11.6. The minimum Gasteiger partial charge on any atom is -0.460 e. The van der Waals surface area contributed by atoms with Crippen molar-refractivity contribution in [3.63, 3.8) is 0 Å². The lowest BCUT2D eigenvalue weighted by atomic mass is 9.95. The van der Waals surface area contributed by atoms with Crippen molar-refractivity contribution in [1.29, 1.82) is 0 Å². The Morgan fingerprint density at radius 1 is 1.41 bits per heavy atom. The summed E-state index contributed by atoms with van der Waals surface area (Å²) >= 11 is 0. The van der Waals surface area contributed by atoms with E-state index in [-0.39, 0.29) is 24.0 Å². The first-order valence-electron chi connectivity index (χ1n) is 5.89. The Bertz CT molecular complexity index is 308. The van der Waals surface area contributed by atoms with Gasteiger partial charge in [-0.25, -0.2) is 4.79 Å². The highest BCUT2D eigenvalue weighted by atomic mass is 16.6. The molecule has 5 heteroatoms. The monoisotopic (exact) mass is 243 g/mol. The third kappa shape index (κ3) is 4.24. The third-order valence-electron chi connectivity index (χ3n) is 2.58. The molecule has 5 nitrogen and oxygen atoms in total. The van der Waals surface area contributed by atoms with Crippen molar-refractivity contribution in [3.8, 4) is 0 Å². The van der Waals surface area contributed by atoms with Crippen molar-refractivity contribution in [2.24, 2.45) is 5.92 Å². The van der Waals surface area contributed by atoms with Gasteiger partial charge in [-0.1, -0.05) is 6.92 Å². The minimum absolute atomic E-state index is 0.183. The zero-order valence-corrected chi connectivity index (χ0v) is 11.1. The highest BCUT2D eigenvalue weighted by Gasteiger charge is 2.34. The van der Waals surface area contributed by atoms with Gasteiger partial charge in [0.15, 0.2) is 0 Å². The van der Waals surface area contributed by atoms with Crippen LogP contribution in [0, 0.1) is 5.92 Å². The van der Waals surface area contributed by atoms with Crippen LogP contribution in [0.15, 0.2) is 0 Å². The summed E-state index contributed by atoms with van der Waals surface area (Å²) in [6.45, 7) is 8.97. The van der Waals surface area contributed by atoms with Gasteiger partial charge in [-0.05, 0) is 34.1 Å². The fourth-order valence-corrected chi connectivity index (χ4v) is 1.69. The Morgan fingerprint density at radius 2 is 2.00 bits per heavy atom. The van der Waals surface area contributed by atoms with E-state index in [1.165, 1.54) is 0 Å². The number of hydrogen-bond acceptors (Lipinski definition) is 4. The van der Waals surface area contributed by atoms with E-state index in [4.69, 9.17) is 9.47 Å². The van der Waals surface area contributed by atoms with E-state index in [1.807, 2.05) is 0 Å². The molecule has 1 aliphatic rings. The van der Waals surface area contributed by atoms with Gasteiger partial charge in [0.1, 0.15) is 11.7 Å². The van der Waals surface area contributed by atoms with Crippen molar-refractivity contribution in [1.82, 2.24) is 5.32 Å². The molecule has 3 atom stereocenters. The molecular formula is C12H21NO4. The molecule has 1 heterocycles. The van der Waals surface area contributed by atoms with E-state index in [2.05, 4.69) is 5.32 Å². The molecule has 1 rings (SSSR count). The number of rotatable bonds is 1. The van der Waals surface area contributed by atoms with Crippen LogP contribution >= 0.6 is 0 Å². The molecule has 0 spiro atoms. The standard InChI is InChI=1S/C12H21NO4/c1-7-6-9(8(2)16-10(7)14)13-11(15)17-12(3,4)5/h7-9H,6H2,1-5H3,(H,13,15)/t7-,8+,9+/m0/s1. The molecule has 0 saturated carbocycles. The van der Waals surface area contributed by atoms with Gasteiger partial charge >= 0.3 is 12.1 Å². The predicted molar refractivity (Wildman–Crippen MR) is 62.5 cm³/mol. The molecule has 0 aromatic heterocycles. The van der Waals surface area contributed by atoms with E-state index < -0.39 is 11.7 Å². The highest BCUT2D eigenvalue weighted by molar-refractivity contribution is 5.74. The topological polar surface area (TPSA) is 64.6 Å². The van der Waals surface area contributed by atoms with Crippen LogP contribution < -0.4 is 5.32 Å². The molecule has 0 aromatic rings. The smallest absolute Gasteiger partial charge is 0.408 e. The Kier molecular flexibility index (Phi) is 4.01. The molecule has 0 radical (unpaired) electrons. The third-order valence-corrected chi connectivity index (χ3v) is 2.58. The highest BCUT2D eigenvalue weighted by Crippen LogP contribution is 2.20. The lowest BCUT2D eigenvalue weighted by Crippen LogP contribution is -2.50. The van der Waals surface area contributed by atoms with Gasteiger partial charge < -0.3 is 14.8 Å². The number of carbonyl (C=O) groups is 2. The lowest BCUT2D eigenvalue weighted by Gasteiger charge is -2.33. The summed E-state index contributed by atoms with van der Waals surface area (Å²) < 4.78 is 10.3. The number of cyclic esters (lactones) is 1. The molecule has 1 aliphatic heterocycles. The van der Waals surface area contributed by atoms with Gasteiger partial charge in [0.2, 0.25) is 0 Å². The molecule has 0 bridgehead atoms. The SMILES string of the molecule is C[C@H]1C[C@@H](NC(=O)OC(C)(C)C)[C@@H](C)OC1=O. The fraction of sp³-hybridized carbons (Fsp3) is 0.833. The van der Waals surface area contributed by atoms with Crippen LogP contribution in [0.5, 0.6) is 0 Å². The first-order valence-corrected chi connectivity index (χ1v) is 5.89. The molecular weight excluding hydrogens is 222 g/mol. The van der Waals surface area contributed by atoms with Crippen LogP contribution in [-0.2, 0) is 14.3 Å². The summed E-state index contributed by atoms with van der Waals surface area (Å²) in [5.41, 5.74) is -0.524. The lowest BCUT2D eigenvalue weighted by molar-refractivity contribution is -0.160. The van der Waals surface area contributed by atoms with Gasteiger partial charge in [-0.15, -0.1) is 0 Å². The Labute approximate surface area is 102 Å². The van der Waals surface area contributed by atoms with E-state index >= 15 is 0 Å². The molecule has 0 unspecified atom stereocenters. The molecule has 1 N–H and O–H groups in total. The number of ether oxygens (including phenoxy) is 2. The molecule has 0 aliphatic carbocycles. The summed E-state index contributed by atoms with van der Waals surface area (Å²) in [4.78, 5) is 22.9. The number of hydrogen-bond donors (Lipinski definition) is 1.